The summed E-state index contributed by atoms with van der Waals surface area (Å²) in [7, 11) is 1.59. The first-order chi connectivity index (χ1) is 11.3. The maximum atomic E-state index is 12.9. The Morgan fingerprint density at radius 3 is 2.54 bits per heavy atom. The molecule has 5 nitrogen and oxygen atoms in total. The highest BCUT2D eigenvalue weighted by Gasteiger charge is 2.30. The van der Waals surface area contributed by atoms with Crippen LogP contribution in [0.25, 0.3) is 22.7 Å². The largest absolute Gasteiger partial charge is 0.417 e. The van der Waals surface area contributed by atoms with Crippen molar-refractivity contribution in [3.63, 3.8) is 0 Å². The molecule has 0 atom stereocenters. The van der Waals surface area contributed by atoms with E-state index in [1.165, 1.54) is 16.7 Å². The lowest BCUT2D eigenvalue weighted by atomic mass is 10.2. The van der Waals surface area contributed by atoms with E-state index in [0.717, 1.165) is 12.3 Å². The molecular weight excluding hydrogens is 326 g/mol. The molecule has 3 aromatic rings. The zero-order valence-electron chi connectivity index (χ0n) is 12.3. The average Bonchev–Trinajstić information content (AvgIpc) is 2.89. The third-order valence-electron chi connectivity index (χ3n) is 3.49. The lowest BCUT2D eigenvalue weighted by Crippen LogP contribution is -2.05. The topological polar surface area (TPSA) is 67.4 Å². The van der Waals surface area contributed by atoms with Crippen LogP contribution in [0.1, 0.15) is 16.8 Å². The summed E-state index contributed by atoms with van der Waals surface area (Å²) in [5, 5.41) is 9.00. The van der Waals surface area contributed by atoms with Gasteiger partial charge < -0.3 is 4.57 Å². The fourth-order valence-electron chi connectivity index (χ4n) is 2.27. The number of halogens is 4. The van der Waals surface area contributed by atoms with Gasteiger partial charge in [-0.3, -0.25) is 4.98 Å². The molecule has 122 valence electrons. The van der Waals surface area contributed by atoms with E-state index in [9.17, 15) is 17.6 Å². The number of aryl methyl sites for hydroxylation is 1. The molecule has 0 amide bonds. The van der Waals surface area contributed by atoms with Gasteiger partial charge >= 0.3 is 6.18 Å². The van der Waals surface area contributed by atoms with Crippen LogP contribution in [0.3, 0.4) is 0 Å². The van der Waals surface area contributed by atoms with E-state index in [0.29, 0.717) is 11.2 Å². The van der Waals surface area contributed by atoms with Crippen LogP contribution in [-0.2, 0) is 19.9 Å². The Morgan fingerprint density at radius 2 is 2.00 bits per heavy atom. The summed E-state index contributed by atoms with van der Waals surface area (Å²) < 4.78 is 52.2. The maximum Gasteiger partial charge on any atom is 0.417 e. The van der Waals surface area contributed by atoms with Gasteiger partial charge in [-0.05, 0) is 18.2 Å². The Balaban J connectivity index is 2.14. The summed E-state index contributed by atoms with van der Waals surface area (Å²) in [5.41, 5.74) is 0.0506. The summed E-state index contributed by atoms with van der Waals surface area (Å²) in [4.78, 5) is 12.1. The van der Waals surface area contributed by atoms with Crippen LogP contribution in [0.5, 0.6) is 0 Å². The number of aromatic nitrogens is 4. The fraction of sp³-hybridized carbons (Fsp3) is 0.200. The number of nitrogens with zero attached hydrogens (tertiary/aromatic N) is 5. The number of imidazole rings is 1. The van der Waals surface area contributed by atoms with Crippen molar-refractivity contribution in [1.29, 1.82) is 5.26 Å². The molecule has 3 aromatic heterocycles. The molecule has 0 aliphatic carbocycles. The van der Waals surface area contributed by atoms with Crippen molar-refractivity contribution < 1.29 is 17.6 Å². The van der Waals surface area contributed by atoms with Crippen LogP contribution in [0.2, 0.25) is 0 Å². The molecule has 0 fully saturated rings. The molecule has 0 saturated heterocycles. The Labute approximate surface area is 133 Å². The van der Waals surface area contributed by atoms with Crippen molar-refractivity contribution in [2.75, 3.05) is 0 Å². The van der Waals surface area contributed by atoms with E-state index in [1.54, 1.807) is 13.1 Å². The highest BCUT2D eigenvalue weighted by molar-refractivity contribution is 5.77. The summed E-state index contributed by atoms with van der Waals surface area (Å²) in [5.74, 6) is 0.270. The average molecular weight is 335 g/mol. The normalized spacial score (nSPS) is 11.7. The molecular formula is C15H9F4N5. The predicted octanol–water partition coefficient (Wildman–Crippen LogP) is 3.39. The zero-order chi connectivity index (χ0) is 17.5. The highest BCUT2D eigenvalue weighted by Crippen LogP contribution is 2.30. The molecule has 24 heavy (non-hydrogen) atoms. The third kappa shape index (κ3) is 2.56. The molecule has 0 radical (unpaired) electrons. The molecule has 3 rings (SSSR count). The number of nitriles is 1. The van der Waals surface area contributed by atoms with E-state index in [4.69, 9.17) is 5.26 Å². The van der Waals surface area contributed by atoms with Crippen molar-refractivity contribution in [3.05, 3.63) is 41.2 Å². The highest BCUT2D eigenvalue weighted by atomic mass is 19.4. The van der Waals surface area contributed by atoms with Gasteiger partial charge in [-0.1, -0.05) is 0 Å². The van der Waals surface area contributed by atoms with E-state index >= 15 is 0 Å². The van der Waals surface area contributed by atoms with Crippen LogP contribution in [0.15, 0.2) is 24.4 Å². The molecule has 0 aliphatic rings. The van der Waals surface area contributed by atoms with E-state index in [1.807, 2.05) is 0 Å². The monoisotopic (exact) mass is 335 g/mol. The fourth-order valence-corrected chi connectivity index (χ4v) is 2.27. The van der Waals surface area contributed by atoms with Crippen molar-refractivity contribution in [3.8, 4) is 17.6 Å². The summed E-state index contributed by atoms with van der Waals surface area (Å²) >= 11 is 0. The van der Waals surface area contributed by atoms with Crippen molar-refractivity contribution in [1.82, 2.24) is 19.5 Å². The van der Waals surface area contributed by atoms with Gasteiger partial charge in [0.15, 0.2) is 11.5 Å². The Hall–Kier alpha value is -3.02. The minimum Gasteiger partial charge on any atom is -0.310 e. The molecule has 0 bridgehead atoms. The second-order valence-corrected chi connectivity index (χ2v) is 5.01. The van der Waals surface area contributed by atoms with Crippen molar-refractivity contribution in [2.24, 2.45) is 7.05 Å². The van der Waals surface area contributed by atoms with Gasteiger partial charge in [-0.2, -0.15) is 18.4 Å². The lowest BCUT2D eigenvalue weighted by molar-refractivity contribution is -0.137. The molecule has 3 heterocycles. The van der Waals surface area contributed by atoms with E-state index in [2.05, 4.69) is 15.0 Å². The Kier molecular flexibility index (Phi) is 3.67. The molecule has 0 N–H and O–H groups in total. The van der Waals surface area contributed by atoms with Gasteiger partial charge in [0.1, 0.15) is 29.6 Å². The van der Waals surface area contributed by atoms with E-state index < -0.39 is 18.4 Å². The van der Waals surface area contributed by atoms with Crippen LogP contribution in [0.4, 0.5) is 17.6 Å². The van der Waals surface area contributed by atoms with Crippen molar-refractivity contribution >= 4 is 11.2 Å². The van der Waals surface area contributed by atoms with Gasteiger partial charge in [0.05, 0.1) is 5.56 Å². The maximum absolute atomic E-state index is 12.9. The lowest BCUT2D eigenvalue weighted by Gasteiger charge is -2.06. The molecule has 9 heteroatoms. The van der Waals surface area contributed by atoms with Crippen molar-refractivity contribution in [2.45, 2.75) is 12.9 Å². The van der Waals surface area contributed by atoms with Gasteiger partial charge in [0, 0.05) is 18.8 Å². The van der Waals surface area contributed by atoms with Crippen LogP contribution >= 0.6 is 0 Å². The first-order valence-electron chi connectivity index (χ1n) is 6.71. The number of hydrogen-bond acceptors (Lipinski definition) is 4. The first-order valence-corrected chi connectivity index (χ1v) is 6.71. The number of hydrogen-bond donors (Lipinski definition) is 0. The molecule has 0 unspecified atom stereocenters. The summed E-state index contributed by atoms with van der Waals surface area (Å²) in [6.07, 6.45) is -3.76. The minimum absolute atomic E-state index is 0.0556. The number of pyridine rings is 2. The Morgan fingerprint density at radius 1 is 1.25 bits per heavy atom. The zero-order valence-corrected chi connectivity index (χ0v) is 12.3. The van der Waals surface area contributed by atoms with Gasteiger partial charge in [-0.25, -0.2) is 14.4 Å². The standard InChI is InChI=1S/C15H9F4N5/c1-24-13(10-3-2-9(7-21-10)15(17,18)19)22-11-4-8(5-16)12(6-20)23-14(11)24/h2-4,7H,5H2,1H3. The predicted molar refractivity (Wildman–Crippen MR) is 76.3 cm³/mol. The van der Waals surface area contributed by atoms with Gasteiger partial charge in [-0.15, -0.1) is 0 Å². The second-order valence-electron chi connectivity index (χ2n) is 5.01. The SMILES string of the molecule is Cn1c(-c2ccc(C(F)(F)F)cn2)nc2cc(CF)c(C#N)nc21. The number of alkyl halides is 4. The van der Waals surface area contributed by atoms with Crippen LogP contribution < -0.4 is 0 Å². The molecule has 0 aliphatic heterocycles. The minimum atomic E-state index is -4.48. The second kappa shape index (κ2) is 5.56. The van der Waals surface area contributed by atoms with Gasteiger partial charge in [0.2, 0.25) is 0 Å². The number of rotatable bonds is 2. The first kappa shape index (κ1) is 15.9. The molecule has 0 saturated carbocycles. The third-order valence-corrected chi connectivity index (χ3v) is 3.49. The van der Waals surface area contributed by atoms with Gasteiger partial charge in [0.25, 0.3) is 0 Å². The van der Waals surface area contributed by atoms with Crippen LogP contribution in [0, 0.1) is 11.3 Å². The quantitative estimate of drug-likeness (QED) is 0.673. The Bertz CT molecular complexity index is 951. The molecule has 0 spiro atoms. The van der Waals surface area contributed by atoms with E-state index in [-0.39, 0.29) is 22.8 Å². The summed E-state index contributed by atoms with van der Waals surface area (Å²) in [6.45, 7) is -0.865. The molecule has 0 aromatic carbocycles. The van der Waals surface area contributed by atoms with Crippen LogP contribution in [-0.4, -0.2) is 19.5 Å². The number of fused-ring (bicyclic) bond motifs is 1. The smallest absolute Gasteiger partial charge is 0.310 e. The summed E-state index contributed by atoms with van der Waals surface area (Å²) in [6, 6.07) is 5.31.